The van der Waals surface area contributed by atoms with Crippen LogP contribution in [0.15, 0.2) is 35.2 Å². The molecule has 1 N–H and O–H groups in total. The molecule has 6 heteroatoms. The predicted octanol–water partition coefficient (Wildman–Crippen LogP) is 2.92. The van der Waals surface area contributed by atoms with Gasteiger partial charge in [-0.3, -0.25) is 4.98 Å². The summed E-state index contributed by atoms with van der Waals surface area (Å²) in [5.74, 6) is 0.0381. The van der Waals surface area contributed by atoms with Crippen LogP contribution < -0.4 is 0 Å². The number of halogens is 2. The van der Waals surface area contributed by atoms with Crippen LogP contribution in [0.4, 0.5) is 4.39 Å². The lowest BCUT2D eigenvalue weighted by Crippen LogP contribution is -1.87. The number of nitrogens with zero attached hydrogens (tertiary/aromatic N) is 3. The van der Waals surface area contributed by atoms with Gasteiger partial charge in [0.05, 0.1) is 17.3 Å². The molecule has 0 bridgehead atoms. The fraction of sp³-hybridized carbons (Fsp3) is 0. The molecule has 0 unspecified atom stereocenters. The van der Waals surface area contributed by atoms with E-state index in [1.165, 1.54) is 6.20 Å². The predicted molar refractivity (Wildman–Crippen MR) is 64.8 cm³/mol. The van der Waals surface area contributed by atoms with Gasteiger partial charge in [-0.1, -0.05) is 0 Å². The molecule has 0 aliphatic heterocycles. The minimum absolute atomic E-state index is 0.383. The molecule has 0 spiro atoms. The Hall–Kier alpha value is -1.82. The number of hydrogen-bond donors (Lipinski definition) is 1. The number of aromatic nitrogens is 4. The van der Waals surface area contributed by atoms with Crippen molar-refractivity contribution in [2.24, 2.45) is 0 Å². The molecule has 84 valence electrons. The number of imidazole rings is 1. The first-order chi connectivity index (χ1) is 8.24. The Balaban J connectivity index is 2.22. The van der Waals surface area contributed by atoms with Gasteiger partial charge in [0.2, 0.25) is 0 Å². The number of pyridine rings is 2. The summed E-state index contributed by atoms with van der Waals surface area (Å²) < 4.78 is 14.4. The maximum atomic E-state index is 13.5. The number of fused-ring (bicyclic) bond motifs is 1. The van der Waals surface area contributed by atoms with E-state index in [0.717, 1.165) is 16.2 Å². The van der Waals surface area contributed by atoms with Crippen LogP contribution in [0.2, 0.25) is 0 Å². The minimum Gasteiger partial charge on any atom is -0.336 e. The van der Waals surface area contributed by atoms with Crippen molar-refractivity contribution in [3.8, 4) is 11.4 Å². The normalized spacial score (nSPS) is 10.9. The van der Waals surface area contributed by atoms with Gasteiger partial charge >= 0.3 is 0 Å². The number of aromatic amines is 1. The molecular weight excluding hydrogens is 287 g/mol. The maximum Gasteiger partial charge on any atom is 0.178 e. The van der Waals surface area contributed by atoms with Gasteiger partial charge in [0, 0.05) is 16.9 Å². The second kappa shape index (κ2) is 3.89. The Bertz CT molecular complexity index is 695. The van der Waals surface area contributed by atoms with E-state index in [1.807, 2.05) is 6.07 Å². The van der Waals surface area contributed by atoms with E-state index in [-0.39, 0.29) is 0 Å². The summed E-state index contributed by atoms with van der Waals surface area (Å²) in [7, 11) is 0. The van der Waals surface area contributed by atoms with E-state index in [4.69, 9.17) is 0 Å². The van der Waals surface area contributed by atoms with Crippen molar-refractivity contribution in [3.05, 3.63) is 41.0 Å². The lowest BCUT2D eigenvalue weighted by atomic mass is 10.2. The fourth-order valence-corrected chi connectivity index (χ4v) is 1.90. The third kappa shape index (κ3) is 1.80. The van der Waals surface area contributed by atoms with E-state index in [0.29, 0.717) is 17.0 Å². The van der Waals surface area contributed by atoms with Gasteiger partial charge in [-0.25, -0.2) is 14.4 Å². The molecule has 0 fully saturated rings. The van der Waals surface area contributed by atoms with Crippen molar-refractivity contribution < 1.29 is 4.39 Å². The van der Waals surface area contributed by atoms with Crippen LogP contribution in [-0.4, -0.2) is 19.9 Å². The van der Waals surface area contributed by atoms with Crippen molar-refractivity contribution >= 4 is 27.1 Å². The van der Waals surface area contributed by atoms with Crippen LogP contribution >= 0.6 is 15.9 Å². The van der Waals surface area contributed by atoms with E-state index in [1.54, 1.807) is 12.3 Å². The van der Waals surface area contributed by atoms with Crippen LogP contribution in [-0.2, 0) is 0 Å². The van der Waals surface area contributed by atoms with Crippen molar-refractivity contribution in [3.63, 3.8) is 0 Å². The highest BCUT2D eigenvalue weighted by atomic mass is 79.9. The summed E-state index contributed by atoms with van der Waals surface area (Å²) in [4.78, 5) is 15.1. The molecule has 3 aromatic rings. The van der Waals surface area contributed by atoms with E-state index in [9.17, 15) is 4.39 Å². The average Bonchev–Trinajstić information content (AvgIpc) is 2.72. The molecule has 0 saturated heterocycles. The Labute approximate surface area is 104 Å². The van der Waals surface area contributed by atoms with Crippen LogP contribution in [0, 0.1) is 5.82 Å². The summed E-state index contributed by atoms with van der Waals surface area (Å²) in [6, 6.07) is 3.42. The number of rotatable bonds is 1. The first kappa shape index (κ1) is 10.3. The fourth-order valence-electron chi connectivity index (χ4n) is 1.57. The first-order valence-corrected chi connectivity index (χ1v) is 5.64. The summed E-state index contributed by atoms with van der Waals surface area (Å²) in [5.41, 5.74) is 1.69. The first-order valence-electron chi connectivity index (χ1n) is 4.85. The average molecular weight is 293 g/mol. The molecular formula is C11H6BrFN4. The molecule has 0 radical (unpaired) electrons. The minimum atomic E-state index is -0.411. The van der Waals surface area contributed by atoms with Crippen LogP contribution in [0.25, 0.3) is 22.6 Å². The van der Waals surface area contributed by atoms with Crippen molar-refractivity contribution in [1.29, 1.82) is 0 Å². The smallest absolute Gasteiger partial charge is 0.178 e. The van der Waals surface area contributed by atoms with E-state index in [2.05, 4.69) is 35.9 Å². The van der Waals surface area contributed by atoms with Gasteiger partial charge in [-0.15, -0.1) is 0 Å². The molecule has 4 nitrogen and oxygen atoms in total. The third-order valence-electron chi connectivity index (χ3n) is 2.33. The zero-order valence-corrected chi connectivity index (χ0v) is 10.1. The quantitative estimate of drug-likeness (QED) is 0.750. The van der Waals surface area contributed by atoms with E-state index < -0.39 is 5.82 Å². The Morgan fingerprint density at radius 1 is 1.29 bits per heavy atom. The Morgan fingerprint density at radius 3 is 3.00 bits per heavy atom. The summed E-state index contributed by atoms with van der Waals surface area (Å²) >= 11 is 3.32. The summed E-state index contributed by atoms with van der Waals surface area (Å²) in [6.45, 7) is 0. The maximum absolute atomic E-state index is 13.5. The molecule has 0 saturated carbocycles. The van der Waals surface area contributed by atoms with Gasteiger partial charge in [-0.2, -0.15) is 0 Å². The summed E-state index contributed by atoms with van der Waals surface area (Å²) in [5, 5.41) is 0. The molecule has 0 amide bonds. The topological polar surface area (TPSA) is 54.5 Å². The highest BCUT2D eigenvalue weighted by Crippen LogP contribution is 2.22. The van der Waals surface area contributed by atoms with Crippen molar-refractivity contribution in [2.75, 3.05) is 0 Å². The molecule has 0 aromatic carbocycles. The zero-order chi connectivity index (χ0) is 11.8. The molecule has 0 aliphatic rings. The van der Waals surface area contributed by atoms with E-state index >= 15 is 0 Å². The molecule has 3 heterocycles. The molecule has 3 rings (SSSR count). The zero-order valence-electron chi connectivity index (χ0n) is 8.48. The second-order valence-corrected chi connectivity index (χ2v) is 4.38. The number of H-pyrrole nitrogens is 1. The number of nitrogens with one attached hydrogen (secondary N) is 1. The highest BCUT2D eigenvalue weighted by Gasteiger charge is 2.10. The van der Waals surface area contributed by atoms with Gasteiger partial charge in [0.25, 0.3) is 0 Å². The standard InChI is InChI=1S/C11H6BrFN4/c12-6-3-9-11(15-4-6)17-10(16-9)7-1-2-14-5-8(7)13/h1-5H,(H,15,16,17). The second-order valence-electron chi connectivity index (χ2n) is 3.47. The lowest BCUT2D eigenvalue weighted by molar-refractivity contribution is 0.624. The van der Waals surface area contributed by atoms with Crippen LogP contribution in [0.1, 0.15) is 0 Å². The molecule has 0 aliphatic carbocycles. The van der Waals surface area contributed by atoms with Gasteiger partial charge in [0.1, 0.15) is 5.82 Å². The SMILES string of the molecule is Fc1cnccc1-c1nc2ncc(Br)cc2[nH]1. The van der Waals surface area contributed by atoms with Crippen LogP contribution in [0.3, 0.4) is 0 Å². The molecule has 0 atom stereocenters. The lowest BCUT2D eigenvalue weighted by Gasteiger charge is -1.96. The summed E-state index contributed by atoms with van der Waals surface area (Å²) in [6.07, 6.45) is 4.33. The van der Waals surface area contributed by atoms with Crippen LogP contribution in [0.5, 0.6) is 0 Å². The van der Waals surface area contributed by atoms with Gasteiger partial charge in [-0.05, 0) is 28.1 Å². The highest BCUT2D eigenvalue weighted by molar-refractivity contribution is 9.10. The van der Waals surface area contributed by atoms with Gasteiger partial charge < -0.3 is 4.98 Å². The van der Waals surface area contributed by atoms with Crippen molar-refractivity contribution in [2.45, 2.75) is 0 Å². The third-order valence-corrected chi connectivity index (χ3v) is 2.77. The molecule has 17 heavy (non-hydrogen) atoms. The monoisotopic (exact) mass is 292 g/mol. The Morgan fingerprint density at radius 2 is 2.18 bits per heavy atom. The molecule has 3 aromatic heterocycles. The van der Waals surface area contributed by atoms with Gasteiger partial charge in [0.15, 0.2) is 11.5 Å². The number of hydrogen-bond acceptors (Lipinski definition) is 3. The Kier molecular flexibility index (Phi) is 2.36. The largest absolute Gasteiger partial charge is 0.336 e. The van der Waals surface area contributed by atoms with Crippen molar-refractivity contribution in [1.82, 2.24) is 19.9 Å².